The van der Waals surface area contributed by atoms with E-state index < -0.39 is 5.82 Å². The summed E-state index contributed by atoms with van der Waals surface area (Å²) >= 11 is 0. The number of rotatable bonds is 4. The molecule has 1 heterocycles. The maximum Gasteiger partial charge on any atom is 0.126 e. The summed E-state index contributed by atoms with van der Waals surface area (Å²) in [6.07, 6.45) is 2.33. The number of anilines is 1. The predicted molar refractivity (Wildman–Crippen MR) is 62.0 cm³/mol. The molecule has 2 rings (SSSR count). The Labute approximate surface area is 98.5 Å². The zero-order valence-electron chi connectivity index (χ0n) is 9.11. The van der Waals surface area contributed by atoms with E-state index in [4.69, 9.17) is 9.68 Å². The molecular formula is C13H11FN2O. The fourth-order valence-corrected chi connectivity index (χ4v) is 1.54. The molecule has 0 spiro atoms. The Balaban J connectivity index is 1.95. The zero-order chi connectivity index (χ0) is 12.1. The molecular weight excluding hydrogens is 219 g/mol. The van der Waals surface area contributed by atoms with Crippen molar-refractivity contribution < 1.29 is 8.81 Å². The fraction of sp³-hybridized carbons (Fsp3) is 0.154. The van der Waals surface area contributed by atoms with Gasteiger partial charge >= 0.3 is 0 Å². The van der Waals surface area contributed by atoms with Crippen LogP contribution in [0.1, 0.15) is 11.3 Å². The van der Waals surface area contributed by atoms with Crippen LogP contribution in [0.25, 0.3) is 0 Å². The van der Waals surface area contributed by atoms with Gasteiger partial charge in [-0.2, -0.15) is 5.26 Å². The Morgan fingerprint density at radius 3 is 2.94 bits per heavy atom. The second-order valence-corrected chi connectivity index (χ2v) is 3.60. The summed E-state index contributed by atoms with van der Waals surface area (Å²) in [4.78, 5) is 0. The Morgan fingerprint density at radius 2 is 2.24 bits per heavy atom. The molecule has 0 amide bonds. The van der Waals surface area contributed by atoms with Gasteiger partial charge in [-0.3, -0.25) is 0 Å². The van der Waals surface area contributed by atoms with E-state index in [1.54, 1.807) is 12.3 Å². The number of benzene rings is 1. The largest absolute Gasteiger partial charge is 0.469 e. The number of hydrogen-bond donors (Lipinski definition) is 1. The summed E-state index contributed by atoms with van der Waals surface area (Å²) in [6, 6.07) is 9.81. The Morgan fingerprint density at radius 1 is 1.35 bits per heavy atom. The molecule has 0 aliphatic carbocycles. The molecule has 1 N–H and O–H groups in total. The maximum atomic E-state index is 13.1. The van der Waals surface area contributed by atoms with E-state index in [9.17, 15) is 4.39 Å². The average molecular weight is 230 g/mol. The van der Waals surface area contributed by atoms with Crippen LogP contribution in [-0.4, -0.2) is 6.54 Å². The number of nitrogens with one attached hydrogen (secondary N) is 1. The van der Waals surface area contributed by atoms with Gasteiger partial charge in [0.05, 0.1) is 17.9 Å². The summed E-state index contributed by atoms with van der Waals surface area (Å²) in [5.41, 5.74) is 0.915. The standard InChI is InChI=1S/C13H11FN2O/c14-11-6-10(9-15)7-12(8-11)16-4-3-13-2-1-5-17-13/h1-2,5-8,16H,3-4H2. The van der Waals surface area contributed by atoms with Crippen molar-refractivity contribution in [2.24, 2.45) is 0 Å². The SMILES string of the molecule is N#Cc1cc(F)cc(NCCc2ccco2)c1. The van der Waals surface area contributed by atoms with Gasteiger partial charge in [0, 0.05) is 18.7 Å². The molecule has 0 unspecified atom stereocenters. The van der Waals surface area contributed by atoms with Crippen molar-refractivity contribution in [3.05, 3.63) is 53.7 Å². The third kappa shape index (κ3) is 3.08. The molecule has 1 aromatic carbocycles. The van der Waals surface area contributed by atoms with Crippen molar-refractivity contribution in [1.82, 2.24) is 0 Å². The highest BCUT2D eigenvalue weighted by Gasteiger charge is 2.00. The van der Waals surface area contributed by atoms with Crippen molar-refractivity contribution in [3.8, 4) is 6.07 Å². The molecule has 0 atom stereocenters. The summed E-state index contributed by atoms with van der Waals surface area (Å²) in [6.45, 7) is 0.627. The van der Waals surface area contributed by atoms with Gasteiger partial charge in [0.15, 0.2) is 0 Å². The van der Waals surface area contributed by atoms with Crippen LogP contribution in [0.5, 0.6) is 0 Å². The molecule has 86 valence electrons. The summed E-state index contributed by atoms with van der Waals surface area (Å²) in [5.74, 6) is 0.457. The van der Waals surface area contributed by atoms with Crippen LogP contribution in [0.3, 0.4) is 0 Å². The van der Waals surface area contributed by atoms with Gasteiger partial charge in [-0.05, 0) is 30.3 Å². The lowest BCUT2D eigenvalue weighted by atomic mass is 10.2. The summed E-state index contributed by atoms with van der Waals surface area (Å²) < 4.78 is 18.3. The van der Waals surface area contributed by atoms with Gasteiger partial charge in [-0.1, -0.05) is 0 Å². The number of halogens is 1. The minimum absolute atomic E-state index is 0.311. The molecule has 0 fully saturated rings. The summed E-state index contributed by atoms with van der Waals surface area (Å²) in [7, 11) is 0. The van der Waals surface area contributed by atoms with E-state index in [-0.39, 0.29) is 0 Å². The van der Waals surface area contributed by atoms with Crippen molar-refractivity contribution >= 4 is 5.69 Å². The molecule has 0 aliphatic rings. The van der Waals surface area contributed by atoms with Gasteiger partial charge in [0.2, 0.25) is 0 Å². The van der Waals surface area contributed by atoms with Gasteiger partial charge in [0.25, 0.3) is 0 Å². The molecule has 0 radical (unpaired) electrons. The summed E-state index contributed by atoms with van der Waals surface area (Å²) in [5, 5.41) is 11.8. The minimum atomic E-state index is -0.412. The van der Waals surface area contributed by atoms with Crippen LogP contribution in [0.15, 0.2) is 41.0 Å². The quantitative estimate of drug-likeness (QED) is 0.878. The van der Waals surface area contributed by atoms with Crippen LogP contribution >= 0.6 is 0 Å². The molecule has 4 heteroatoms. The van der Waals surface area contributed by atoms with Gasteiger partial charge in [-0.25, -0.2) is 4.39 Å². The molecule has 17 heavy (non-hydrogen) atoms. The zero-order valence-corrected chi connectivity index (χ0v) is 9.11. The molecule has 0 saturated heterocycles. The maximum absolute atomic E-state index is 13.1. The van der Waals surface area contributed by atoms with Gasteiger partial charge < -0.3 is 9.73 Å². The van der Waals surface area contributed by atoms with E-state index >= 15 is 0 Å². The number of hydrogen-bond acceptors (Lipinski definition) is 3. The monoisotopic (exact) mass is 230 g/mol. The van der Waals surface area contributed by atoms with Crippen LogP contribution in [0.4, 0.5) is 10.1 Å². The first kappa shape index (κ1) is 11.2. The van der Waals surface area contributed by atoms with Crippen LogP contribution in [-0.2, 0) is 6.42 Å². The molecule has 0 aliphatic heterocycles. The lowest BCUT2D eigenvalue weighted by Gasteiger charge is -2.05. The predicted octanol–water partition coefficient (Wildman–Crippen LogP) is 2.94. The highest BCUT2D eigenvalue weighted by Crippen LogP contribution is 2.13. The van der Waals surface area contributed by atoms with Crippen molar-refractivity contribution in [1.29, 1.82) is 5.26 Å². The molecule has 0 saturated carbocycles. The van der Waals surface area contributed by atoms with Crippen molar-refractivity contribution in [2.75, 3.05) is 11.9 Å². The van der Waals surface area contributed by atoms with Gasteiger partial charge in [-0.15, -0.1) is 0 Å². The third-order valence-corrected chi connectivity index (χ3v) is 2.31. The van der Waals surface area contributed by atoms with E-state index in [1.165, 1.54) is 12.1 Å². The van der Waals surface area contributed by atoms with Crippen molar-refractivity contribution in [3.63, 3.8) is 0 Å². The lowest BCUT2D eigenvalue weighted by Crippen LogP contribution is -2.04. The van der Waals surface area contributed by atoms with Crippen LogP contribution in [0, 0.1) is 17.1 Å². The molecule has 1 aromatic heterocycles. The second kappa shape index (κ2) is 5.17. The number of furan rings is 1. The molecule has 3 nitrogen and oxygen atoms in total. The van der Waals surface area contributed by atoms with Crippen molar-refractivity contribution in [2.45, 2.75) is 6.42 Å². The third-order valence-electron chi connectivity index (χ3n) is 2.31. The Bertz CT molecular complexity index is 529. The second-order valence-electron chi connectivity index (χ2n) is 3.60. The number of nitriles is 1. The van der Waals surface area contributed by atoms with Gasteiger partial charge in [0.1, 0.15) is 11.6 Å². The lowest BCUT2D eigenvalue weighted by molar-refractivity contribution is 0.513. The molecule has 2 aromatic rings. The topological polar surface area (TPSA) is 49.0 Å². The Hall–Kier alpha value is -2.28. The van der Waals surface area contributed by atoms with Crippen LogP contribution < -0.4 is 5.32 Å². The van der Waals surface area contributed by atoms with E-state index in [0.29, 0.717) is 24.2 Å². The van der Waals surface area contributed by atoms with E-state index in [1.807, 2.05) is 18.2 Å². The highest BCUT2D eigenvalue weighted by molar-refractivity contribution is 5.49. The smallest absolute Gasteiger partial charge is 0.126 e. The van der Waals surface area contributed by atoms with E-state index in [2.05, 4.69) is 5.32 Å². The number of nitrogens with zero attached hydrogens (tertiary/aromatic N) is 1. The van der Waals surface area contributed by atoms with E-state index in [0.717, 1.165) is 5.76 Å². The first-order valence-electron chi connectivity index (χ1n) is 5.25. The minimum Gasteiger partial charge on any atom is -0.469 e. The Kier molecular flexibility index (Phi) is 3.41. The molecule has 0 bridgehead atoms. The average Bonchev–Trinajstić information content (AvgIpc) is 2.81. The highest BCUT2D eigenvalue weighted by atomic mass is 19.1. The first-order chi connectivity index (χ1) is 8.28. The fourth-order valence-electron chi connectivity index (χ4n) is 1.54. The van der Waals surface area contributed by atoms with Crippen LogP contribution in [0.2, 0.25) is 0 Å². The normalized spacial score (nSPS) is 9.88. The first-order valence-corrected chi connectivity index (χ1v) is 5.25.